The van der Waals surface area contributed by atoms with E-state index < -0.39 is 18.2 Å². The number of aliphatic hydroxyl groups excluding tert-OH is 1. The summed E-state index contributed by atoms with van der Waals surface area (Å²) in [5, 5.41) is 11.9. The van der Waals surface area contributed by atoms with Crippen LogP contribution in [-0.2, 0) is 4.79 Å². The number of halogens is 3. The van der Waals surface area contributed by atoms with E-state index in [0.717, 1.165) is 0 Å². The zero-order valence-corrected chi connectivity index (χ0v) is 11.3. The molecular weight excluding hydrogens is 259 g/mol. The first-order valence-electron chi connectivity index (χ1n) is 6.75. The van der Waals surface area contributed by atoms with Crippen LogP contribution in [0.25, 0.3) is 0 Å². The van der Waals surface area contributed by atoms with Crippen molar-refractivity contribution in [3.8, 4) is 0 Å². The molecule has 0 saturated heterocycles. The Labute approximate surface area is 111 Å². The fraction of sp³-hybridized carbons (Fsp3) is 0.923. The summed E-state index contributed by atoms with van der Waals surface area (Å²) < 4.78 is 37.5. The molecule has 0 heterocycles. The summed E-state index contributed by atoms with van der Waals surface area (Å²) in [6.07, 6.45) is -3.55. The van der Waals surface area contributed by atoms with Gasteiger partial charge in [0, 0.05) is 12.0 Å². The molecule has 0 aromatic heterocycles. The van der Waals surface area contributed by atoms with E-state index in [-0.39, 0.29) is 43.6 Å². The van der Waals surface area contributed by atoms with Gasteiger partial charge in [-0.15, -0.1) is 0 Å². The van der Waals surface area contributed by atoms with Gasteiger partial charge in [-0.2, -0.15) is 13.2 Å². The van der Waals surface area contributed by atoms with E-state index in [2.05, 4.69) is 5.32 Å². The first-order chi connectivity index (χ1) is 8.70. The lowest BCUT2D eigenvalue weighted by atomic mass is 9.81. The minimum atomic E-state index is -4.14. The SMILES string of the molecule is CC(O)CC(C)NC(=O)C1CCC(C(F)(F)F)CC1. The van der Waals surface area contributed by atoms with Gasteiger partial charge in [0.25, 0.3) is 0 Å². The van der Waals surface area contributed by atoms with E-state index in [1.807, 2.05) is 0 Å². The van der Waals surface area contributed by atoms with E-state index in [9.17, 15) is 23.1 Å². The highest BCUT2D eigenvalue weighted by molar-refractivity contribution is 5.78. The third-order valence-electron chi connectivity index (χ3n) is 3.64. The highest BCUT2D eigenvalue weighted by Crippen LogP contribution is 2.39. The van der Waals surface area contributed by atoms with Gasteiger partial charge in [0.05, 0.1) is 12.0 Å². The first-order valence-corrected chi connectivity index (χ1v) is 6.75. The van der Waals surface area contributed by atoms with Gasteiger partial charge in [-0.1, -0.05) is 0 Å². The fourth-order valence-corrected chi connectivity index (χ4v) is 2.61. The van der Waals surface area contributed by atoms with Gasteiger partial charge >= 0.3 is 6.18 Å². The Balaban J connectivity index is 2.37. The molecule has 1 aliphatic carbocycles. The zero-order valence-electron chi connectivity index (χ0n) is 11.3. The maximum Gasteiger partial charge on any atom is 0.391 e. The van der Waals surface area contributed by atoms with Crippen LogP contribution in [0.1, 0.15) is 46.0 Å². The van der Waals surface area contributed by atoms with Crippen LogP contribution in [0.5, 0.6) is 0 Å². The number of alkyl halides is 3. The van der Waals surface area contributed by atoms with Crippen molar-refractivity contribution in [2.24, 2.45) is 11.8 Å². The van der Waals surface area contributed by atoms with Gasteiger partial charge < -0.3 is 10.4 Å². The third kappa shape index (κ3) is 5.38. The number of amides is 1. The molecule has 0 aromatic carbocycles. The van der Waals surface area contributed by atoms with E-state index in [1.165, 1.54) is 0 Å². The quantitative estimate of drug-likeness (QED) is 0.832. The molecule has 2 unspecified atom stereocenters. The van der Waals surface area contributed by atoms with Gasteiger partial charge in [0.2, 0.25) is 5.91 Å². The minimum Gasteiger partial charge on any atom is -0.393 e. The van der Waals surface area contributed by atoms with E-state index in [1.54, 1.807) is 13.8 Å². The van der Waals surface area contributed by atoms with Crippen LogP contribution in [0, 0.1) is 11.8 Å². The predicted molar refractivity (Wildman–Crippen MR) is 65.4 cm³/mol. The van der Waals surface area contributed by atoms with Crippen LogP contribution in [0.15, 0.2) is 0 Å². The zero-order chi connectivity index (χ0) is 14.6. The summed E-state index contributed by atoms with van der Waals surface area (Å²) in [6, 6.07) is -0.159. The minimum absolute atomic E-state index is 0.0341. The van der Waals surface area contributed by atoms with Crippen molar-refractivity contribution in [1.82, 2.24) is 5.32 Å². The van der Waals surface area contributed by atoms with Crippen LogP contribution in [0.2, 0.25) is 0 Å². The molecule has 1 fully saturated rings. The number of carbonyl (C=O) groups is 1. The molecule has 0 radical (unpaired) electrons. The third-order valence-corrected chi connectivity index (χ3v) is 3.64. The van der Waals surface area contributed by atoms with Gasteiger partial charge in [0.1, 0.15) is 0 Å². The monoisotopic (exact) mass is 281 g/mol. The number of hydrogen-bond acceptors (Lipinski definition) is 2. The Kier molecular flexibility index (Phi) is 5.64. The fourth-order valence-electron chi connectivity index (χ4n) is 2.61. The van der Waals surface area contributed by atoms with Crippen molar-refractivity contribution in [1.29, 1.82) is 0 Å². The molecule has 2 N–H and O–H groups in total. The average molecular weight is 281 g/mol. The van der Waals surface area contributed by atoms with Crippen LogP contribution in [0.3, 0.4) is 0 Å². The van der Waals surface area contributed by atoms with Crippen molar-refractivity contribution >= 4 is 5.91 Å². The lowest BCUT2D eigenvalue weighted by Crippen LogP contribution is -2.40. The Morgan fingerprint density at radius 1 is 1.26 bits per heavy atom. The van der Waals surface area contributed by atoms with E-state index >= 15 is 0 Å². The maximum absolute atomic E-state index is 12.5. The average Bonchev–Trinajstić information content (AvgIpc) is 2.26. The molecule has 19 heavy (non-hydrogen) atoms. The van der Waals surface area contributed by atoms with Gasteiger partial charge in [-0.3, -0.25) is 4.79 Å². The van der Waals surface area contributed by atoms with Crippen molar-refractivity contribution in [3.63, 3.8) is 0 Å². The van der Waals surface area contributed by atoms with Crippen LogP contribution in [-0.4, -0.2) is 29.3 Å². The van der Waals surface area contributed by atoms with Gasteiger partial charge in [-0.05, 0) is 46.0 Å². The van der Waals surface area contributed by atoms with E-state index in [4.69, 9.17) is 0 Å². The van der Waals surface area contributed by atoms with Crippen molar-refractivity contribution < 1.29 is 23.1 Å². The lowest BCUT2D eigenvalue weighted by Gasteiger charge is -2.30. The molecule has 6 heteroatoms. The molecular formula is C13H22F3NO2. The highest BCUT2D eigenvalue weighted by atomic mass is 19.4. The number of nitrogens with one attached hydrogen (secondary N) is 1. The van der Waals surface area contributed by atoms with Gasteiger partial charge in [-0.25, -0.2) is 0 Å². The first kappa shape index (κ1) is 16.3. The second kappa shape index (κ2) is 6.59. The molecule has 112 valence electrons. The summed E-state index contributed by atoms with van der Waals surface area (Å²) in [4.78, 5) is 11.9. The smallest absolute Gasteiger partial charge is 0.391 e. The molecule has 0 spiro atoms. The summed E-state index contributed by atoms with van der Waals surface area (Å²) in [7, 11) is 0. The summed E-state index contributed by atoms with van der Waals surface area (Å²) >= 11 is 0. The summed E-state index contributed by atoms with van der Waals surface area (Å²) in [5.41, 5.74) is 0. The Morgan fingerprint density at radius 2 is 1.79 bits per heavy atom. The molecule has 1 rings (SSSR count). The second-order valence-electron chi connectivity index (χ2n) is 5.58. The summed E-state index contributed by atoms with van der Waals surface area (Å²) in [6.45, 7) is 3.42. The number of carbonyl (C=O) groups excluding carboxylic acids is 1. The summed E-state index contributed by atoms with van der Waals surface area (Å²) in [5.74, 6) is -1.77. The van der Waals surface area contributed by atoms with Crippen molar-refractivity contribution in [2.45, 2.75) is 64.3 Å². The molecule has 2 atom stereocenters. The van der Waals surface area contributed by atoms with Crippen LogP contribution >= 0.6 is 0 Å². The Morgan fingerprint density at radius 3 is 2.21 bits per heavy atom. The van der Waals surface area contributed by atoms with Gasteiger partial charge in [0.15, 0.2) is 0 Å². The van der Waals surface area contributed by atoms with Crippen molar-refractivity contribution in [2.75, 3.05) is 0 Å². The topological polar surface area (TPSA) is 49.3 Å². The molecule has 0 bridgehead atoms. The Bertz CT molecular complexity index is 297. The number of rotatable bonds is 4. The predicted octanol–water partition coefficient (Wildman–Crippen LogP) is 2.63. The highest BCUT2D eigenvalue weighted by Gasteiger charge is 2.42. The molecule has 0 aromatic rings. The van der Waals surface area contributed by atoms with Crippen LogP contribution in [0.4, 0.5) is 13.2 Å². The largest absolute Gasteiger partial charge is 0.393 e. The molecule has 0 aliphatic heterocycles. The molecule has 1 amide bonds. The molecule has 1 aliphatic rings. The normalized spacial score (nSPS) is 27.7. The second-order valence-corrected chi connectivity index (χ2v) is 5.58. The van der Waals surface area contributed by atoms with E-state index in [0.29, 0.717) is 6.42 Å². The number of hydrogen-bond donors (Lipinski definition) is 2. The Hall–Kier alpha value is -0.780. The lowest BCUT2D eigenvalue weighted by molar-refractivity contribution is -0.184. The maximum atomic E-state index is 12.5. The number of aliphatic hydroxyl groups is 1. The van der Waals surface area contributed by atoms with Crippen LogP contribution < -0.4 is 5.32 Å². The van der Waals surface area contributed by atoms with Crippen molar-refractivity contribution in [3.05, 3.63) is 0 Å². The molecule has 1 saturated carbocycles. The molecule has 3 nitrogen and oxygen atoms in total. The standard InChI is InChI=1S/C13H22F3NO2/c1-8(7-9(2)18)17-12(19)10-3-5-11(6-4-10)13(14,15)16/h8-11,18H,3-7H2,1-2H3,(H,17,19).